The van der Waals surface area contributed by atoms with Crippen molar-refractivity contribution >= 4 is 17.5 Å². The van der Waals surface area contributed by atoms with Gasteiger partial charge in [0.25, 0.3) is 0 Å². The van der Waals surface area contributed by atoms with Gasteiger partial charge in [0.1, 0.15) is 5.82 Å². The second-order valence-corrected chi connectivity index (χ2v) is 2.80. The SMILES string of the molecule is CN(C)C(=O)Nc1ccc(N)nc1. The van der Waals surface area contributed by atoms with Crippen LogP contribution in [0.3, 0.4) is 0 Å². The number of rotatable bonds is 1. The molecule has 0 radical (unpaired) electrons. The first-order valence-corrected chi connectivity index (χ1v) is 3.79. The van der Waals surface area contributed by atoms with Gasteiger partial charge in [0.2, 0.25) is 0 Å². The van der Waals surface area contributed by atoms with E-state index in [1.165, 1.54) is 11.1 Å². The fourth-order valence-corrected chi connectivity index (χ4v) is 0.715. The average Bonchev–Trinajstić information content (AvgIpc) is 2.08. The number of pyridine rings is 1. The van der Waals surface area contributed by atoms with Gasteiger partial charge in [-0.3, -0.25) is 0 Å². The van der Waals surface area contributed by atoms with Crippen molar-refractivity contribution < 1.29 is 4.79 Å². The molecule has 1 rings (SSSR count). The maximum atomic E-state index is 11.2. The Kier molecular flexibility index (Phi) is 2.69. The van der Waals surface area contributed by atoms with Gasteiger partial charge in [0, 0.05) is 14.1 Å². The molecular weight excluding hydrogens is 168 g/mol. The van der Waals surface area contributed by atoms with Crippen molar-refractivity contribution in [1.82, 2.24) is 9.88 Å². The molecule has 1 aromatic rings. The summed E-state index contributed by atoms with van der Waals surface area (Å²) in [5.74, 6) is 0.433. The van der Waals surface area contributed by atoms with E-state index in [-0.39, 0.29) is 6.03 Å². The van der Waals surface area contributed by atoms with E-state index in [1.54, 1.807) is 26.2 Å². The van der Waals surface area contributed by atoms with Gasteiger partial charge in [-0.2, -0.15) is 0 Å². The molecule has 0 spiro atoms. The highest BCUT2D eigenvalue weighted by molar-refractivity contribution is 5.88. The molecule has 3 N–H and O–H groups in total. The maximum absolute atomic E-state index is 11.2. The molecule has 1 aromatic heterocycles. The van der Waals surface area contributed by atoms with Crippen molar-refractivity contribution in [2.24, 2.45) is 0 Å². The zero-order valence-corrected chi connectivity index (χ0v) is 7.61. The molecule has 13 heavy (non-hydrogen) atoms. The van der Waals surface area contributed by atoms with Gasteiger partial charge in [-0.15, -0.1) is 0 Å². The van der Waals surface area contributed by atoms with E-state index in [9.17, 15) is 4.79 Å². The Bertz CT molecular complexity index is 294. The van der Waals surface area contributed by atoms with Crippen LogP contribution in [0.25, 0.3) is 0 Å². The lowest BCUT2D eigenvalue weighted by molar-refractivity contribution is 0.230. The Balaban J connectivity index is 2.65. The van der Waals surface area contributed by atoms with Crippen LogP contribution in [0.1, 0.15) is 0 Å². The predicted molar refractivity (Wildman–Crippen MR) is 51.4 cm³/mol. The maximum Gasteiger partial charge on any atom is 0.321 e. The first-order valence-electron chi connectivity index (χ1n) is 3.79. The molecule has 70 valence electrons. The smallest absolute Gasteiger partial charge is 0.321 e. The molecule has 2 amide bonds. The molecule has 1 heterocycles. The van der Waals surface area contributed by atoms with Crippen LogP contribution in [0, 0.1) is 0 Å². The van der Waals surface area contributed by atoms with Crippen molar-refractivity contribution in [3.8, 4) is 0 Å². The number of nitrogen functional groups attached to an aromatic ring is 1. The third-order valence-electron chi connectivity index (χ3n) is 1.44. The number of aromatic nitrogens is 1. The average molecular weight is 180 g/mol. The molecule has 0 fully saturated rings. The minimum Gasteiger partial charge on any atom is -0.384 e. The van der Waals surface area contributed by atoms with Gasteiger partial charge in [0.15, 0.2) is 0 Å². The van der Waals surface area contributed by atoms with Crippen LogP contribution < -0.4 is 11.1 Å². The number of anilines is 2. The van der Waals surface area contributed by atoms with Crippen LogP contribution in [-0.2, 0) is 0 Å². The third kappa shape index (κ3) is 2.62. The van der Waals surface area contributed by atoms with Gasteiger partial charge in [-0.25, -0.2) is 9.78 Å². The van der Waals surface area contributed by atoms with Crippen molar-refractivity contribution in [3.63, 3.8) is 0 Å². The monoisotopic (exact) mass is 180 g/mol. The molecule has 0 saturated carbocycles. The number of carbonyl (C=O) groups excluding carboxylic acids is 1. The van der Waals surface area contributed by atoms with Gasteiger partial charge in [-0.05, 0) is 12.1 Å². The predicted octanol–water partition coefficient (Wildman–Crippen LogP) is 0.757. The van der Waals surface area contributed by atoms with Gasteiger partial charge in [-0.1, -0.05) is 0 Å². The number of nitrogens with one attached hydrogen (secondary N) is 1. The van der Waals surface area contributed by atoms with Crippen LogP contribution in [-0.4, -0.2) is 30.0 Å². The lowest BCUT2D eigenvalue weighted by Gasteiger charge is -2.11. The number of nitrogens with zero attached hydrogens (tertiary/aromatic N) is 2. The zero-order valence-electron chi connectivity index (χ0n) is 7.61. The van der Waals surface area contributed by atoms with Gasteiger partial charge in [0.05, 0.1) is 11.9 Å². The molecule has 0 aromatic carbocycles. The summed E-state index contributed by atoms with van der Waals surface area (Å²) in [6.45, 7) is 0. The standard InChI is InChI=1S/C8H12N4O/c1-12(2)8(13)11-6-3-4-7(9)10-5-6/h3-5H,1-2H3,(H2,9,10)(H,11,13). The van der Waals surface area contributed by atoms with E-state index in [2.05, 4.69) is 10.3 Å². The fourth-order valence-electron chi connectivity index (χ4n) is 0.715. The lowest BCUT2D eigenvalue weighted by atomic mass is 10.4. The number of hydrogen-bond donors (Lipinski definition) is 2. The Morgan fingerprint density at radius 3 is 2.69 bits per heavy atom. The number of hydrogen-bond acceptors (Lipinski definition) is 3. The van der Waals surface area contributed by atoms with E-state index < -0.39 is 0 Å². The highest BCUT2D eigenvalue weighted by Crippen LogP contribution is 2.06. The quantitative estimate of drug-likeness (QED) is 0.670. The highest BCUT2D eigenvalue weighted by atomic mass is 16.2. The molecule has 0 unspecified atom stereocenters. The molecule has 0 bridgehead atoms. The summed E-state index contributed by atoms with van der Waals surface area (Å²) in [6.07, 6.45) is 1.51. The third-order valence-corrected chi connectivity index (χ3v) is 1.44. The molecule has 0 saturated heterocycles. The summed E-state index contributed by atoms with van der Waals surface area (Å²) in [5, 5.41) is 2.64. The molecule has 0 aliphatic heterocycles. The summed E-state index contributed by atoms with van der Waals surface area (Å²) in [4.78, 5) is 16.4. The number of amides is 2. The van der Waals surface area contributed by atoms with Crippen LogP contribution >= 0.6 is 0 Å². The lowest BCUT2D eigenvalue weighted by Crippen LogP contribution is -2.27. The highest BCUT2D eigenvalue weighted by Gasteiger charge is 2.02. The van der Waals surface area contributed by atoms with E-state index in [4.69, 9.17) is 5.73 Å². The second-order valence-electron chi connectivity index (χ2n) is 2.80. The molecule has 0 aliphatic rings. The molecule has 0 atom stereocenters. The summed E-state index contributed by atoms with van der Waals surface area (Å²) < 4.78 is 0. The first-order chi connectivity index (χ1) is 6.09. The van der Waals surface area contributed by atoms with E-state index >= 15 is 0 Å². The molecule has 5 nitrogen and oxygen atoms in total. The van der Waals surface area contributed by atoms with Crippen LogP contribution in [0.15, 0.2) is 18.3 Å². The Morgan fingerprint density at radius 1 is 1.54 bits per heavy atom. The van der Waals surface area contributed by atoms with Crippen LogP contribution in [0.4, 0.5) is 16.3 Å². The van der Waals surface area contributed by atoms with E-state index in [0.29, 0.717) is 11.5 Å². The van der Waals surface area contributed by atoms with Crippen molar-refractivity contribution in [2.75, 3.05) is 25.1 Å². The molecule has 5 heteroatoms. The summed E-state index contributed by atoms with van der Waals surface area (Å²) in [7, 11) is 3.33. The Hall–Kier alpha value is -1.78. The summed E-state index contributed by atoms with van der Waals surface area (Å²) in [5.41, 5.74) is 6.02. The summed E-state index contributed by atoms with van der Waals surface area (Å²) in [6, 6.07) is 3.14. The Morgan fingerprint density at radius 2 is 2.23 bits per heavy atom. The first kappa shape index (κ1) is 9.31. The van der Waals surface area contributed by atoms with Gasteiger partial charge < -0.3 is 16.0 Å². The molecular formula is C8H12N4O. The van der Waals surface area contributed by atoms with Crippen LogP contribution in [0.5, 0.6) is 0 Å². The van der Waals surface area contributed by atoms with E-state index in [0.717, 1.165) is 0 Å². The normalized spacial score (nSPS) is 9.38. The zero-order chi connectivity index (χ0) is 9.84. The summed E-state index contributed by atoms with van der Waals surface area (Å²) >= 11 is 0. The number of carbonyl (C=O) groups is 1. The van der Waals surface area contributed by atoms with E-state index in [1.807, 2.05) is 0 Å². The largest absolute Gasteiger partial charge is 0.384 e. The second kappa shape index (κ2) is 3.75. The molecule has 0 aliphatic carbocycles. The minimum absolute atomic E-state index is 0.188. The topological polar surface area (TPSA) is 71.2 Å². The number of urea groups is 1. The van der Waals surface area contributed by atoms with Crippen molar-refractivity contribution in [1.29, 1.82) is 0 Å². The number of nitrogens with two attached hydrogens (primary N) is 1. The fraction of sp³-hybridized carbons (Fsp3) is 0.250. The van der Waals surface area contributed by atoms with Crippen LogP contribution in [0.2, 0.25) is 0 Å². The Labute approximate surface area is 76.6 Å². The minimum atomic E-state index is -0.188. The van der Waals surface area contributed by atoms with Crippen molar-refractivity contribution in [2.45, 2.75) is 0 Å². The van der Waals surface area contributed by atoms with Gasteiger partial charge >= 0.3 is 6.03 Å². The van der Waals surface area contributed by atoms with Crippen molar-refractivity contribution in [3.05, 3.63) is 18.3 Å².